The predicted molar refractivity (Wildman–Crippen MR) is 87.0 cm³/mol. The van der Waals surface area contributed by atoms with E-state index in [9.17, 15) is 4.79 Å². The molecule has 3 nitrogen and oxygen atoms in total. The number of anilines is 1. The van der Waals surface area contributed by atoms with E-state index >= 15 is 0 Å². The van der Waals surface area contributed by atoms with Crippen LogP contribution in [0.2, 0.25) is 0 Å². The third-order valence-electron chi connectivity index (χ3n) is 5.53. The van der Waals surface area contributed by atoms with Crippen molar-refractivity contribution in [2.24, 2.45) is 11.3 Å². The molecule has 2 fully saturated rings. The van der Waals surface area contributed by atoms with Crippen molar-refractivity contribution in [3.63, 3.8) is 0 Å². The molecule has 2 atom stereocenters. The summed E-state index contributed by atoms with van der Waals surface area (Å²) in [7, 11) is 0. The maximum Gasteiger partial charge on any atom is 0.230 e. The molecule has 0 bridgehead atoms. The van der Waals surface area contributed by atoms with Crippen LogP contribution in [0.15, 0.2) is 24.3 Å². The number of piperidine rings is 1. The van der Waals surface area contributed by atoms with Gasteiger partial charge in [-0.1, -0.05) is 18.2 Å². The molecule has 21 heavy (non-hydrogen) atoms. The number of para-hydroxylation sites is 1. The Morgan fingerprint density at radius 2 is 2.00 bits per heavy atom. The summed E-state index contributed by atoms with van der Waals surface area (Å²) < 4.78 is 0. The highest BCUT2D eigenvalue weighted by molar-refractivity contribution is 5.99. The summed E-state index contributed by atoms with van der Waals surface area (Å²) >= 11 is 0. The van der Waals surface area contributed by atoms with Crippen molar-refractivity contribution in [1.29, 1.82) is 0 Å². The summed E-state index contributed by atoms with van der Waals surface area (Å²) in [5.41, 5.74) is 2.81. The first-order valence-corrected chi connectivity index (χ1v) is 7.83. The summed E-state index contributed by atoms with van der Waals surface area (Å²) in [6.07, 6.45) is 4.46. The molecule has 4 rings (SSSR count). The van der Waals surface area contributed by atoms with Gasteiger partial charge in [0.05, 0.1) is 0 Å². The number of hydrogen-bond acceptors (Lipinski definition) is 2. The van der Waals surface area contributed by atoms with Crippen molar-refractivity contribution in [2.45, 2.75) is 38.6 Å². The number of amides is 1. The molecule has 2 heterocycles. The van der Waals surface area contributed by atoms with Crippen molar-refractivity contribution < 1.29 is 4.79 Å². The van der Waals surface area contributed by atoms with Crippen LogP contribution in [0.4, 0.5) is 5.69 Å². The van der Waals surface area contributed by atoms with Crippen molar-refractivity contribution >= 4 is 24.0 Å². The van der Waals surface area contributed by atoms with Gasteiger partial charge in [-0.25, -0.2) is 0 Å². The largest absolute Gasteiger partial charge is 0.317 e. The van der Waals surface area contributed by atoms with E-state index in [1.54, 1.807) is 0 Å². The average Bonchev–Trinajstić information content (AvgIpc) is 3.03. The van der Waals surface area contributed by atoms with Crippen LogP contribution < -0.4 is 10.2 Å². The Hall–Kier alpha value is -1.06. The molecule has 1 aliphatic carbocycles. The minimum atomic E-state index is 0. The van der Waals surface area contributed by atoms with Gasteiger partial charge >= 0.3 is 0 Å². The van der Waals surface area contributed by atoms with E-state index in [2.05, 4.69) is 35.3 Å². The van der Waals surface area contributed by atoms with Gasteiger partial charge in [-0.05, 0) is 62.7 Å². The second-order valence-electron chi connectivity index (χ2n) is 6.76. The minimum Gasteiger partial charge on any atom is -0.317 e. The van der Waals surface area contributed by atoms with Gasteiger partial charge in [0, 0.05) is 17.6 Å². The van der Waals surface area contributed by atoms with Crippen LogP contribution in [0, 0.1) is 11.3 Å². The van der Waals surface area contributed by atoms with Gasteiger partial charge in [0.2, 0.25) is 5.91 Å². The smallest absolute Gasteiger partial charge is 0.230 e. The van der Waals surface area contributed by atoms with E-state index in [4.69, 9.17) is 0 Å². The Kier molecular flexibility index (Phi) is 3.74. The SMILES string of the molecule is CC1Cc2ccccc2N1C(=O)C1CC12CCNCC2.Cl. The molecule has 1 spiro atoms. The van der Waals surface area contributed by atoms with Crippen LogP contribution in [0.25, 0.3) is 0 Å². The summed E-state index contributed by atoms with van der Waals surface area (Å²) in [5, 5.41) is 3.41. The Morgan fingerprint density at radius 3 is 2.76 bits per heavy atom. The van der Waals surface area contributed by atoms with E-state index in [0.29, 0.717) is 17.4 Å². The first-order valence-electron chi connectivity index (χ1n) is 7.83. The molecule has 1 aromatic carbocycles. The molecule has 1 amide bonds. The van der Waals surface area contributed by atoms with Crippen molar-refractivity contribution in [3.8, 4) is 0 Å². The average molecular weight is 307 g/mol. The quantitative estimate of drug-likeness (QED) is 0.865. The number of rotatable bonds is 1. The summed E-state index contributed by atoms with van der Waals surface area (Å²) in [4.78, 5) is 15.0. The van der Waals surface area contributed by atoms with Crippen molar-refractivity contribution in [3.05, 3.63) is 29.8 Å². The van der Waals surface area contributed by atoms with Gasteiger partial charge in [-0.3, -0.25) is 4.79 Å². The standard InChI is InChI=1S/C17H22N2O.ClH/c1-12-10-13-4-2-3-5-15(13)19(12)16(20)14-11-17(14)6-8-18-9-7-17;/h2-5,12,14,18H,6-11H2,1H3;1H. The number of fused-ring (bicyclic) bond motifs is 1. The maximum absolute atomic E-state index is 13.0. The lowest BCUT2D eigenvalue weighted by Crippen LogP contribution is -2.39. The van der Waals surface area contributed by atoms with Crippen LogP contribution in [-0.2, 0) is 11.2 Å². The lowest BCUT2D eigenvalue weighted by atomic mass is 9.91. The monoisotopic (exact) mass is 306 g/mol. The van der Waals surface area contributed by atoms with Gasteiger partial charge in [-0.15, -0.1) is 12.4 Å². The molecule has 1 saturated heterocycles. The van der Waals surface area contributed by atoms with Crippen LogP contribution in [0.3, 0.4) is 0 Å². The van der Waals surface area contributed by atoms with Crippen LogP contribution in [-0.4, -0.2) is 25.0 Å². The number of halogens is 1. The molecule has 1 saturated carbocycles. The number of nitrogens with zero attached hydrogens (tertiary/aromatic N) is 1. The lowest BCUT2D eigenvalue weighted by molar-refractivity contribution is -0.121. The number of carbonyl (C=O) groups excluding carboxylic acids is 1. The van der Waals surface area contributed by atoms with Crippen molar-refractivity contribution in [2.75, 3.05) is 18.0 Å². The van der Waals surface area contributed by atoms with Crippen LogP contribution in [0.5, 0.6) is 0 Å². The van der Waals surface area contributed by atoms with Gasteiger partial charge < -0.3 is 10.2 Å². The third-order valence-corrected chi connectivity index (χ3v) is 5.53. The van der Waals surface area contributed by atoms with E-state index in [1.165, 1.54) is 18.4 Å². The lowest BCUT2D eigenvalue weighted by Gasteiger charge is -2.27. The molecular formula is C17H23ClN2O. The van der Waals surface area contributed by atoms with Crippen LogP contribution in [0.1, 0.15) is 31.7 Å². The fraction of sp³-hybridized carbons (Fsp3) is 0.588. The molecule has 1 N–H and O–H groups in total. The fourth-order valence-corrected chi connectivity index (χ4v) is 4.24. The molecule has 4 heteroatoms. The zero-order chi connectivity index (χ0) is 13.7. The summed E-state index contributed by atoms with van der Waals surface area (Å²) in [5.74, 6) is 0.655. The molecule has 1 aromatic rings. The number of hydrogen-bond donors (Lipinski definition) is 1. The van der Waals surface area contributed by atoms with E-state index in [-0.39, 0.29) is 18.3 Å². The first kappa shape index (κ1) is 14.9. The molecule has 0 radical (unpaired) electrons. The fourth-order valence-electron chi connectivity index (χ4n) is 4.24. The first-order chi connectivity index (χ1) is 9.71. The van der Waals surface area contributed by atoms with Gasteiger partial charge in [0.15, 0.2) is 0 Å². The topological polar surface area (TPSA) is 32.3 Å². The highest BCUT2D eigenvalue weighted by atomic mass is 35.5. The van der Waals surface area contributed by atoms with Crippen LogP contribution >= 0.6 is 12.4 Å². The van der Waals surface area contributed by atoms with E-state index in [0.717, 1.165) is 31.6 Å². The molecular weight excluding hydrogens is 284 g/mol. The number of carbonyl (C=O) groups is 1. The molecule has 2 unspecified atom stereocenters. The van der Waals surface area contributed by atoms with Gasteiger partial charge in [0.1, 0.15) is 0 Å². The Bertz CT molecular complexity index is 553. The second kappa shape index (κ2) is 5.29. The van der Waals surface area contributed by atoms with E-state index < -0.39 is 0 Å². The predicted octanol–water partition coefficient (Wildman–Crippen LogP) is 2.78. The highest BCUT2D eigenvalue weighted by Gasteiger charge is 2.59. The molecule has 3 aliphatic rings. The molecule has 114 valence electrons. The number of nitrogens with one attached hydrogen (secondary N) is 1. The second-order valence-corrected chi connectivity index (χ2v) is 6.76. The van der Waals surface area contributed by atoms with Gasteiger partial charge in [-0.2, -0.15) is 0 Å². The maximum atomic E-state index is 13.0. The highest BCUT2D eigenvalue weighted by Crippen LogP contribution is 2.59. The number of benzene rings is 1. The normalized spacial score (nSPS) is 28.9. The zero-order valence-corrected chi connectivity index (χ0v) is 13.3. The van der Waals surface area contributed by atoms with Gasteiger partial charge in [0.25, 0.3) is 0 Å². The Morgan fingerprint density at radius 1 is 1.29 bits per heavy atom. The van der Waals surface area contributed by atoms with Crippen molar-refractivity contribution in [1.82, 2.24) is 5.32 Å². The Balaban J connectivity index is 0.00000132. The molecule has 2 aliphatic heterocycles. The third kappa shape index (κ3) is 2.27. The molecule has 0 aromatic heterocycles. The Labute approximate surface area is 132 Å². The summed E-state index contributed by atoms with van der Waals surface area (Å²) in [6.45, 7) is 4.33. The zero-order valence-electron chi connectivity index (χ0n) is 12.5. The summed E-state index contributed by atoms with van der Waals surface area (Å²) in [6, 6.07) is 8.70. The minimum absolute atomic E-state index is 0. The van der Waals surface area contributed by atoms with E-state index in [1.807, 2.05) is 6.07 Å².